The highest BCUT2D eigenvalue weighted by molar-refractivity contribution is 5.19. The van der Waals surface area contributed by atoms with Crippen molar-refractivity contribution in [3.8, 4) is 0 Å². The Balaban J connectivity index is 2.80. The molecule has 21 heavy (non-hydrogen) atoms. The molecule has 1 rings (SSSR count). The minimum absolute atomic E-state index is 0.0309. The molecule has 3 nitrogen and oxygen atoms in total. The molecule has 1 aromatic carbocycles. The van der Waals surface area contributed by atoms with Crippen molar-refractivity contribution in [1.82, 2.24) is 4.90 Å². The van der Waals surface area contributed by atoms with Gasteiger partial charge >= 0.3 is 6.18 Å². The van der Waals surface area contributed by atoms with Gasteiger partial charge in [0.2, 0.25) is 0 Å². The summed E-state index contributed by atoms with van der Waals surface area (Å²) in [6.45, 7) is 1.93. The molecule has 1 unspecified atom stereocenters. The number of aliphatic hydroxyl groups is 2. The normalized spacial score (nSPS) is 14.5. The predicted octanol–water partition coefficient (Wildman–Crippen LogP) is 2.60. The van der Waals surface area contributed by atoms with Crippen molar-refractivity contribution in [2.75, 3.05) is 26.2 Å². The van der Waals surface area contributed by atoms with Crippen molar-refractivity contribution in [1.29, 1.82) is 0 Å². The first-order valence-corrected chi connectivity index (χ1v) is 6.79. The average molecular weight is 305 g/mol. The summed E-state index contributed by atoms with van der Waals surface area (Å²) in [4.78, 5) is 1.12. The van der Waals surface area contributed by atoms with E-state index in [2.05, 4.69) is 0 Å². The molecule has 0 aliphatic rings. The minimum atomic E-state index is -4.33. The number of hydrogen-bond acceptors (Lipinski definition) is 3. The first-order chi connectivity index (χ1) is 9.65. The predicted molar refractivity (Wildman–Crippen MR) is 74.8 cm³/mol. The number of rotatable bonds is 7. The van der Waals surface area contributed by atoms with Gasteiger partial charge in [0.25, 0.3) is 0 Å². The Morgan fingerprint density at radius 1 is 1.10 bits per heavy atom. The second kappa shape index (κ2) is 7.24. The van der Waals surface area contributed by atoms with E-state index in [4.69, 9.17) is 5.11 Å². The first kappa shape index (κ1) is 17.9. The fourth-order valence-electron chi connectivity index (χ4n) is 2.36. The van der Waals surface area contributed by atoms with Gasteiger partial charge in [0.1, 0.15) is 0 Å². The Hall–Kier alpha value is -1.11. The summed E-state index contributed by atoms with van der Waals surface area (Å²) >= 11 is 0. The molecule has 0 bridgehead atoms. The second-order valence-electron chi connectivity index (χ2n) is 5.85. The molecular formula is C15H22F3NO2. The van der Waals surface area contributed by atoms with Crippen LogP contribution in [0.1, 0.15) is 25.5 Å². The van der Waals surface area contributed by atoms with Crippen LogP contribution in [0.25, 0.3) is 0 Å². The number of halogens is 3. The second-order valence-corrected chi connectivity index (χ2v) is 5.85. The zero-order chi connectivity index (χ0) is 16.1. The van der Waals surface area contributed by atoms with E-state index in [1.54, 1.807) is 38.1 Å². The Labute approximate surface area is 123 Å². The molecule has 0 spiro atoms. The molecule has 6 heteroatoms. The number of benzene rings is 1. The Morgan fingerprint density at radius 2 is 1.67 bits per heavy atom. The summed E-state index contributed by atoms with van der Waals surface area (Å²) in [7, 11) is 0. The highest BCUT2D eigenvalue weighted by atomic mass is 19.4. The van der Waals surface area contributed by atoms with Crippen molar-refractivity contribution < 1.29 is 23.4 Å². The van der Waals surface area contributed by atoms with E-state index in [-0.39, 0.29) is 19.7 Å². The fraction of sp³-hybridized carbons (Fsp3) is 0.600. The first-order valence-electron chi connectivity index (χ1n) is 6.79. The van der Waals surface area contributed by atoms with Gasteiger partial charge in [0.15, 0.2) is 0 Å². The molecule has 0 aromatic heterocycles. The van der Waals surface area contributed by atoms with Crippen LogP contribution >= 0.6 is 0 Å². The van der Waals surface area contributed by atoms with Gasteiger partial charge < -0.3 is 10.2 Å². The van der Waals surface area contributed by atoms with Gasteiger partial charge in [-0.05, 0) is 5.56 Å². The summed E-state index contributed by atoms with van der Waals surface area (Å²) < 4.78 is 37.6. The summed E-state index contributed by atoms with van der Waals surface area (Å²) in [6, 6.07) is 8.84. The lowest BCUT2D eigenvalue weighted by Gasteiger charge is -2.36. The largest absolute Gasteiger partial charge is 0.401 e. The molecule has 1 atom stereocenters. The lowest BCUT2D eigenvalue weighted by atomic mass is 9.82. The van der Waals surface area contributed by atoms with E-state index in [1.165, 1.54) is 0 Å². The van der Waals surface area contributed by atoms with Crippen LogP contribution in [0.5, 0.6) is 0 Å². The fourth-order valence-corrected chi connectivity index (χ4v) is 2.36. The maximum Gasteiger partial charge on any atom is 0.401 e. The molecule has 0 saturated heterocycles. The van der Waals surface area contributed by atoms with Crippen molar-refractivity contribution in [3.63, 3.8) is 0 Å². The third-order valence-electron chi connectivity index (χ3n) is 3.31. The van der Waals surface area contributed by atoms with E-state index >= 15 is 0 Å². The highest BCUT2D eigenvalue weighted by Gasteiger charge is 2.36. The summed E-state index contributed by atoms with van der Waals surface area (Å²) in [5.41, 5.74) is -0.111. The zero-order valence-electron chi connectivity index (χ0n) is 12.3. The summed E-state index contributed by atoms with van der Waals surface area (Å²) in [5, 5.41) is 19.3. The Morgan fingerprint density at radius 3 is 2.14 bits per heavy atom. The topological polar surface area (TPSA) is 43.7 Å². The molecule has 1 aromatic rings. The third-order valence-corrected chi connectivity index (χ3v) is 3.31. The van der Waals surface area contributed by atoms with Gasteiger partial charge in [-0.2, -0.15) is 13.2 Å². The molecule has 0 aliphatic heterocycles. The van der Waals surface area contributed by atoms with Gasteiger partial charge in [-0.25, -0.2) is 0 Å². The SMILES string of the molecule is CC(C)(CN(CCO)CC(F)(F)F)C(O)c1ccccc1. The highest BCUT2D eigenvalue weighted by Crippen LogP contribution is 2.34. The Bertz CT molecular complexity index is 421. The molecule has 120 valence electrons. The van der Waals surface area contributed by atoms with E-state index in [9.17, 15) is 18.3 Å². The van der Waals surface area contributed by atoms with Crippen molar-refractivity contribution in [3.05, 3.63) is 35.9 Å². The lowest BCUT2D eigenvalue weighted by Crippen LogP contribution is -2.43. The van der Waals surface area contributed by atoms with Crippen molar-refractivity contribution >= 4 is 0 Å². The minimum Gasteiger partial charge on any atom is -0.395 e. The number of hydrogen-bond donors (Lipinski definition) is 2. The summed E-state index contributed by atoms with van der Waals surface area (Å²) in [5.74, 6) is 0. The van der Waals surface area contributed by atoms with E-state index in [0.717, 1.165) is 4.90 Å². The Kier molecular flexibility index (Phi) is 6.19. The van der Waals surface area contributed by atoms with Gasteiger partial charge in [-0.3, -0.25) is 4.90 Å². The van der Waals surface area contributed by atoms with Crippen LogP contribution in [0, 0.1) is 5.41 Å². The van der Waals surface area contributed by atoms with E-state index in [1.807, 2.05) is 6.07 Å². The smallest absolute Gasteiger partial charge is 0.395 e. The van der Waals surface area contributed by atoms with Crippen molar-refractivity contribution in [2.45, 2.75) is 26.1 Å². The van der Waals surface area contributed by atoms with Crippen LogP contribution < -0.4 is 0 Å². The van der Waals surface area contributed by atoms with Crippen LogP contribution in [0.4, 0.5) is 13.2 Å². The monoisotopic (exact) mass is 305 g/mol. The van der Waals surface area contributed by atoms with E-state index < -0.39 is 24.2 Å². The van der Waals surface area contributed by atoms with Gasteiger partial charge in [0.05, 0.1) is 19.3 Å². The summed E-state index contributed by atoms with van der Waals surface area (Å²) in [6.07, 6.45) is -5.21. The van der Waals surface area contributed by atoms with Crippen molar-refractivity contribution in [2.24, 2.45) is 5.41 Å². The number of alkyl halides is 3. The van der Waals surface area contributed by atoms with Gasteiger partial charge in [-0.1, -0.05) is 44.2 Å². The zero-order valence-corrected chi connectivity index (χ0v) is 12.3. The van der Waals surface area contributed by atoms with Crippen LogP contribution in [0.2, 0.25) is 0 Å². The molecular weight excluding hydrogens is 283 g/mol. The van der Waals surface area contributed by atoms with Crippen LogP contribution in [-0.4, -0.2) is 47.5 Å². The molecule has 0 aliphatic carbocycles. The molecule has 0 radical (unpaired) electrons. The lowest BCUT2D eigenvalue weighted by molar-refractivity contribution is -0.152. The van der Waals surface area contributed by atoms with Crippen LogP contribution in [0.3, 0.4) is 0 Å². The number of aliphatic hydroxyl groups excluding tert-OH is 2. The third kappa shape index (κ3) is 6.03. The molecule has 0 fully saturated rings. The van der Waals surface area contributed by atoms with E-state index in [0.29, 0.717) is 5.56 Å². The standard InChI is InChI=1S/C15H22F3NO2/c1-14(2,13(21)12-6-4-3-5-7-12)10-19(8-9-20)11-15(16,17)18/h3-7,13,20-21H,8-11H2,1-2H3. The van der Waals surface area contributed by atoms with Crippen LogP contribution in [0.15, 0.2) is 30.3 Å². The quantitative estimate of drug-likeness (QED) is 0.814. The molecule has 0 heterocycles. The van der Waals surface area contributed by atoms with Gasteiger partial charge in [0, 0.05) is 18.5 Å². The maximum absolute atomic E-state index is 12.5. The number of nitrogens with zero attached hydrogens (tertiary/aromatic N) is 1. The van der Waals surface area contributed by atoms with Crippen LogP contribution in [-0.2, 0) is 0 Å². The molecule has 0 amide bonds. The average Bonchev–Trinajstić information content (AvgIpc) is 2.36. The molecule has 0 saturated carbocycles. The molecule has 2 N–H and O–H groups in total. The van der Waals surface area contributed by atoms with Gasteiger partial charge in [-0.15, -0.1) is 0 Å². The maximum atomic E-state index is 12.5.